The first kappa shape index (κ1) is 22.6. The smallest absolute Gasteiger partial charge is 0.268 e. The maximum absolute atomic E-state index is 13.0. The van der Waals surface area contributed by atoms with Gasteiger partial charge in [-0.15, -0.1) is 0 Å². The molecule has 0 bridgehead atoms. The molecule has 1 aromatic carbocycles. The third kappa shape index (κ3) is 5.45. The molecule has 9 heteroatoms. The number of fused-ring (bicyclic) bond motifs is 1. The van der Waals surface area contributed by atoms with Crippen LogP contribution in [0.5, 0.6) is 5.75 Å². The van der Waals surface area contributed by atoms with Crippen molar-refractivity contribution in [3.63, 3.8) is 0 Å². The number of rotatable bonds is 9. The number of benzene rings is 1. The van der Waals surface area contributed by atoms with E-state index in [0.29, 0.717) is 36.7 Å². The van der Waals surface area contributed by atoms with E-state index in [0.717, 1.165) is 30.2 Å². The zero-order chi connectivity index (χ0) is 23.4. The molecule has 3 amide bonds. The first-order valence-electron chi connectivity index (χ1n) is 11.4. The molecule has 9 nitrogen and oxygen atoms in total. The molecule has 0 radical (unpaired) electrons. The van der Waals surface area contributed by atoms with Crippen LogP contribution in [0.3, 0.4) is 0 Å². The van der Waals surface area contributed by atoms with Crippen LogP contribution < -0.4 is 20.7 Å². The Labute approximate surface area is 192 Å². The number of carbonyl (C=O) groups excluding carboxylic acids is 3. The first-order chi connectivity index (χ1) is 16.0. The van der Waals surface area contributed by atoms with Gasteiger partial charge in [-0.2, -0.15) is 5.26 Å². The van der Waals surface area contributed by atoms with Crippen molar-refractivity contribution < 1.29 is 19.1 Å². The summed E-state index contributed by atoms with van der Waals surface area (Å²) >= 11 is 0. The summed E-state index contributed by atoms with van der Waals surface area (Å²) in [5.41, 5.74) is 1.09. The fourth-order valence-corrected chi connectivity index (χ4v) is 4.34. The molecule has 1 aromatic heterocycles. The number of piperidine rings is 1. The van der Waals surface area contributed by atoms with E-state index in [9.17, 15) is 19.6 Å². The number of hydrogen-bond acceptors (Lipinski definition) is 5. The van der Waals surface area contributed by atoms with Crippen LogP contribution in [-0.2, 0) is 9.59 Å². The number of nitriles is 1. The Morgan fingerprint density at radius 3 is 2.76 bits per heavy atom. The molecule has 1 saturated carbocycles. The van der Waals surface area contributed by atoms with E-state index in [1.165, 1.54) is 0 Å². The average Bonchev–Trinajstić information content (AvgIpc) is 3.53. The number of carbonyl (C=O) groups is 3. The van der Waals surface area contributed by atoms with E-state index in [2.05, 4.69) is 27.0 Å². The molecule has 4 rings (SSSR count). The van der Waals surface area contributed by atoms with Crippen LogP contribution in [-0.4, -0.2) is 48.4 Å². The van der Waals surface area contributed by atoms with Gasteiger partial charge >= 0.3 is 0 Å². The molecule has 1 saturated heterocycles. The highest BCUT2D eigenvalue weighted by Crippen LogP contribution is 2.34. The Kier molecular flexibility index (Phi) is 6.82. The third-order valence-corrected chi connectivity index (χ3v) is 6.37. The lowest BCUT2D eigenvalue weighted by atomic mass is 9.92. The second-order valence-electron chi connectivity index (χ2n) is 8.87. The van der Waals surface area contributed by atoms with Gasteiger partial charge in [0.05, 0.1) is 13.2 Å². The van der Waals surface area contributed by atoms with Crippen molar-refractivity contribution >= 4 is 28.6 Å². The summed E-state index contributed by atoms with van der Waals surface area (Å²) < 4.78 is 5.35. The molecular formula is C24H29N5O4. The first-order valence-corrected chi connectivity index (χ1v) is 11.4. The van der Waals surface area contributed by atoms with Gasteiger partial charge in [0.2, 0.25) is 11.8 Å². The normalized spacial score (nSPS) is 19.8. The summed E-state index contributed by atoms with van der Waals surface area (Å²) in [6.07, 6.45) is 4.38. The molecule has 1 aliphatic carbocycles. The van der Waals surface area contributed by atoms with E-state index in [1.54, 1.807) is 13.2 Å². The minimum absolute atomic E-state index is 0.0761. The minimum atomic E-state index is -0.790. The van der Waals surface area contributed by atoms with Gasteiger partial charge in [0.1, 0.15) is 23.5 Å². The van der Waals surface area contributed by atoms with Gasteiger partial charge in [-0.1, -0.05) is 18.9 Å². The van der Waals surface area contributed by atoms with E-state index in [4.69, 9.17) is 4.74 Å². The van der Waals surface area contributed by atoms with Gasteiger partial charge in [-0.3, -0.25) is 14.4 Å². The summed E-state index contributed by atoms with van der Waals surface area (Å²) in [5, 5.41) is 18.7. The molecule has 1 aliphatic heterocycles. The Morgan fingerprint density at radius 1 is 1.24 bits per heavy atom. The quantitative estimate of drug-likeness (QED) is 0.462. The van der Waals surface area contributed by atoms with Gasteiger partial charge < -0.3 is 25.7 Å². The number of methoxy groups -OCH3 is 1. The van der Waals surface area contributed by atoms with Crippen molar-refractivity contribution in [3.8, 4) is 11.8 Å². The minimum Gasteiger partial charge on any atom is -0.496 e. The SMILES string of the molecule is COc1cccc2[nH]c(C(=O)N[C@@H](CC3CC3)C(=O)N[C@H](C#N)C[C@H]3CCCNC3=O)cc12. The number of nitrogens with zero attached hydrogens (tertiary/aromatic N) is 1. The Balaban J connectivity index is 1.43. The molecule has 174 valence electrons. The number of ether oxygens (including phenoxy) is 1. The van der Waals surface area contributed by atoms with Crippen LogP contribution in [0.15, 0.2) is 24.3 Å². The molecular weight excluding hydrogens is 422 g/mol. The van der Waals surface area contributed by atoms with Crippen molar-refractivity contribution in [2.75, 3.05) is 13.7 Å². The lowest BCUT2D eigenvalue weighted by Crippen LogP contribution is -2.50. The fraction of sp³-hybridized carbons (Fsp3) is 0.500. The van der Waals surface area contributed by atoms with Crippen LogP contribution in [0, 0.1) is 23.2 Å². The molecule has 0 spiro atoms. The van der Waals surface area contributed by atoms with Crippen molar-refractivity contribution in [2.45, 2.75) is 50.6 Å². The number of H-pyrrole nitrogens is 1. The van der Waals surface area contributed by atoms with Crippen LogP contribution >= 0.6 is 0 Å². The largest absolute Gasteiger partial charge is 0.496 e. The van der Waals surface area contributed by atoms with Crippen molar-refractivity contribution in [1.82, 2.24) is 20.9 Å². The van der Waals surface area contributed by atoms with Crippen LogP contribution in [0.25, 0.3) is 10.9 Å². The Hall–Kier alpha value is -3.54. The highest BCUT2D eigenvalue weighted by Gasteiger charge is 2.33. The lowest BCUT2D eigenvalue weighted by molar-refractivity contribution is -0.128. The Bertz CT molecular complexity index is 1080. The summed E-state index contributed by atoms with van der Waals surface area (Å²) in [6.45, 7) is 0.647. The summed E-state index contributed by atoms with van der Waals surface area (Å²) in [4.78, 5) is 41.1. The van der Waals surface area contributed by atoms with Crippen molar-refractivity contribution in [2.24, 2.45) is 11.8 Å². The maximum atomic E-state index is 13.0. The molecule has 2 fully saturated rings. The molecule has 2 heterocycles. The van der Waals surface area contributed by atoms with Gasteiger partial charge in [0.25, 0.3) is 5.91 Å². The molecule has 2 aliphatic rings. The second kappa shape index (κ2) is 9.94. The predicted octanol–water partition coefficient (Wildman–Crippen LogP) is 2.00. The number of aromatic nitrogens is 1. The van der Waals surface area contributed by atoms with Gasteiger partial charge in [-0.25, -0.2) is 0 Å². The predicted molar refractivity (Wildman–Crippen MR) is 121 cm³/mol. The monoisotopic (exact) mass is 451 g/mol. The fourth-order valence-electron chi connectivity index (χ4n) is 4.34. The highest BCUT2D eigenvalue weighted by atomic mass is 16.5. The standard InChI is InChI=1S/C24H29N5O4/c1-33-21-6-2-5-18-17(21)12-20(28-18)24(32)29-19(10-14-7-8-14)23(31)27-16(13-25)11-15-4-3-9-26-22(15)30/h2,5-6,12,14-16,19,28H,3-4,7-11H2,1H3,(H,26,30)(H,27,31)(H,29,32)/t15-,16+,19+/m1/s1. The number of amides is 3. The van der Waals surface area contributed by atoms with E-state index < -0.39 is 23.9 Å². The van der Waals surface area contributed by atoms with E-state index in [-0.39, 0.29) is 18.2 Å². The van der Waals surface area contributed by atoms with Crippen molar-refractivity contribution in [3.05, 3.63) is 30.0 Å². The van der Waals surface area contributed by atoms with Crippen LogP contribution in [0.4, 0.5) is 0 Å². The number of aromatic amines is 1. The van der Waals surface area contributed by atoms with Crippen LogP contribution in [0.2, 0.25) is 0 Å². The third-order valence-electron chi connectivity index (χ3n) is 6.37. The molecule has 33 heavy (non-hydrogen) atoms. The van der Waals surface area contributed by atoms with Gasteiger partial charge in [-0.05, 0) is 49.8 Å². The summed E-state index contributed by atoms with van der Waals surface area (Å²) in [6, 6.07) is 7.75. The maximum Gasteiger partial charge on any atom is 0.268 e. The Morgan fingerprint density at radius 2 is 2.06 bits per heavy atom. The van der Waals surface area contributed by atoms with E-state index in [1.807, 2.05) is 18.2 Å². The second-order valence-corrected chi connectivity index (χ2v) is 8.87. The zero-order valence-corrected chi connectivity index (χ0v) is 18.6. The van der Waals surface area contributed by atoms with Crippen LogP contribution in [0.1, 0.15) is 49.0 Å². The average molecular weight is 452 g/mol. The van der Waals surface area contributed by atoms with E-state index >= 15 is 0 Å². The summed E-state index contributed by atoms with van der Waals surface area (Å²) in [5.74, 6) is -0.123. The lowest BCUT2D eigenvalue weighted by Gasteiger charge is -2.25. The molecule has 0 unspecified atom stereocenters. The van der Waals surface area contributed by atoms with Crippen molar-refractivity contribution in [1.29, 1.82) is 5.26 Å². The topological polar surface area (TPSA) is 136 Å². The molecule has 4 N–H and O–H groups in total. The number of hydrogen-bond donors (Lipinski definition) is 4. The molecule has 2 aromatic rings. The number of nitrogens with one attached hydrogen (secondary N) is 4. The van der Waals surface area contributed by atoms with Gasteiger partial charge in [0.15, 0.2) is 0 Å². The highest BCUT2D eigenvalue weighted by molar-refractivity contribution is 6.01. The molecule has 3 atom stereocenters. The summed E-state index contributed by atoms with van der Waals surface area (Å²) in [7, 11) is 1.57. The van der Waals surface area contributed by atoms with Gasteiger partial charge in [0, 0.05) is 23.4 Å². The zero-order valence-electron chi connectivity index (χ0n) is 18.6.